The summed E-state index contributed by atoms with van der Waals surface area (Å²) in [7, 11) is 0. The van der Waals surface area contributed by atoms with Gasteiger partial charge in [-0.25, -0.2) is 4.79 Å². The third kappa shape index (κ3) is 6.81. The lowest BCUT2D eigenvalue weighted by atomic mass is 9.90. The van der Waals surface area contributed by atoms with Crippen LogP contribution in [0.4, 0.5) is 0 Å². The molecule has 1 atom stereocenters. The average Bonchev–Trinajstić information content (AvgIpc) is 2.63. The molecule has 0 bridgehead atoms. The maximum absolute atomic E-state index is 11.8. The fourth-order valence-corrected chi connectivity index (χ4v) is 1.81. The van der Waals surface area contributed by atoms with E-state index in [-0.39, 0.29) is 5.92 Å². The average molecular weight is 356 g/mol. The largest absolute Gasteiger partial charge is 0.490 e. The molecule has 1 aromatic carbocycles. The number of hydrogen-bond donors (Lipinski definition) is 1. The first kappa shape index (κ1) is 21.0. The fourth-order valence-electron chi connectivity index (χ4n) is 1.81. The van der Waals surface area contributed by atoms with Crippen LogP contribution in [0.15, 0.2) is 43.0 Å². The number of hydrogen-bond acceptors (Lipinski definition) is 5. The third-order valence-electron chi connectivity index (χ3n) is 3.79. The zero-order chi connectivity index (χ0) is 19.6. The van der Waals surface area contributed by atoms with Crippen LogP contribution in [0.25, 0.3) is 6.08 Å². The quantitative estimate of drug-likeness (QED) is 0.417. The van der Waals surface area contributed by atoms with Crippen LogP contribution in [0.2, 0.25) is 0 Å². The maximum Gasteiger partial charge on any atom is 0.331 e. The molecule has 0 aromatic heterocycles. The van der Waals surface area contributed by atoms with Gasteiger partial charge in [0.2, 0.25) is 0 Å². The lowest BCUT2D eigenvalue weighted by Gasteiger charge is -2.27. The van der Waals surface area contributed by atoms with Gasteiger partial charge in [-0.2, -0.15) is 5.26 Å². The van der Waals surface area contributed by atoms with Crippen molar-refractivity contribution < 1.29 is 19.1 Å². The molecule has 0 heterocycles. The smallest absolute Gasteiger partial charge is 0.331 e. The summed E-state index contributed by atoms with van der Waals surface area (Å²) in [6.07, 6.45) is 4.46. The van der Waals surface area contributed by atoms with Crippen molar-refractivity contribution in [3.8, 4) is 11.8 Å². The Balaban J connectivity index is 2.49. The van der Waals surface area contributed by atoms with E-state index in [9.17, 15) is 9.59 Å². The number of benzene rings is 1. The predicted octanol–water partition coefficient (Wildman–Crippen LogP) is 2.86. The third-order valence-corrected chi connectivity index (χ3v) is 3.79. The van der Waals surface area contributed by atoms with Crippen LogP contribution >= 0.6 is 0 Å². The molecule has 0 aliphatic carbocycles. The van der Waals surface area contributed by atoms with E-state index in [1.807, 2.05) is 13.8 Å². The topological polar surface area (TPSA) is 88.4 Å². The van der Waals surface area contributed by atoms with E-state index in [4.69, 9.17) is 14.7 Å². The summed E-state index contributed by atoms with van der Waals surface area (Å²) in [5.74, 6) is -0.541. The summed E-state index contributed by atoms with van der Waals surface area (Å²) in [6, 6.07) is 9.18. The monoisotopic (exact) mass is 356 g/mol. The van der Waals surface area contributed by atoms with Crippen LogP contribution in [0.3, 0.4) is 0 Å². The van der Waals surface area contributed by atoms with Crippen molar-refractivity contribution in [2.45, 2.75) is 26.3 Å². The number of esters is 1. The van der Waals surface area contributed by atoms with Crippen molar-refractivity contribution in [1.82, 2.24) is 5.32 Å². The van der Waals surface area contributed by atoms with Crippen LogP contribution in [0.1, 0.15) is 26.3 Å². The molecule has 6 heteroatoms. The molecule has 1 aromatic rings. The predicted molar refractivity (Wildman–Crippen MR) is 99.1 cm³/mol. The number of nitriles is 1. The van der Waals surface area contributed by atoms with Crippen molar-refractivity contribution in [3.63, 3.8) is 0 Å². The second-order valence-corrected chi connectivity index (χ2v) is 6.13. The highest BCUT2D eigenvalue weighted by Crippen LogP contribution is 2.15. The Labute approximate surface area is 154 Å². The first-order chi connectivity index (χ1) is 12.3. The molecule has 0 spiro atoms. The van der Waals surface area contributed by atoms with Gasteiger partial charge in [0.1, 0.15) is 17.9 Å². The van der Waals surface area contributed by atoms with Gasteiger partial charge >= 0.3 is 5.97 Å². The highest BCUT2D eigenvalue weighted by Gasteiger charge is 2.30. The minimum absolute atomic E-state index is 0.0783. The Morgan fingerprint density at radius 2 is 2.00 bits per heavy atom. The summed E-state index contributed by atoms with van der Waals surface area (Å²) in [4.78, 5) is 23.5. The maximum atomic E-state index is 11.8. The number of amides is 1. The highest BCUT2D eigenvalue weighted by molar-refractivity contribution is 5.89. The van der Waals surface area contributed by atoms with Crippen molar-refractivity contribution in [1.29, 1.82) is 5.26 Å². The van der Waals surface area contributed by atoms with E-state index >= 15 is 0 Å². The van der Waals surface area contributed by atoms with Gasteiger partial charge in [-0.1, -0.05) is 38.6 Å². The van der Waals surface area contributed by atoms with E-state index in [0.717, 1.165) is 5.56 Å². The number of rotatable bonds is 9. The normalized spacial score (nSPS) is 12.9. The first-order valence-corrected chi connectivity index (χ1v) is 8.21. The number of carbonyl (C=O) groups excluding carboxylic acids is 2. The van der Waals surface area contributed by atoms with E-state index < -0.39 is 24.0 Å². The second-order valence-electron chi connectivity index (χ2n) is 6.13. The van der Waals surface area contributed by atoms with Crippen LogP contribution in [0.5, 0.6) is 5.75 Å². The van der Waals surface area contributed by atoms with Crippen LogP contribution in [-0.2, 0) is 14.3 Å². The van der Waals surface area contributed by atoms with Crippen molar-refractivity contribution >= 4 is 18.0 Å². The Morgan fingerprint density at radius 1 is 1.35 bits per heavy atom. The van der Waals surface area contributed by atoms with Crippen LogP contribution in [0, 0.1) is 17.2 Å². The summed E-state index contributed by atoms with van der Waals surface area (Å²) < 4.78 is 10.3. The van der Waals surface area contributed by atoms with Gasteiger partial charge in [-0.05, 0) is 36.6 Å². The minimum Gasteiger partial charge on any atom is -0.490 e. The van der Waals surface area contributed by atoms with E-state index in [1.165, 1.54) is 6.08 Å². The Morgan fingerprint density at radius 3 is 2.54 bits per heavy atom. The SMILES string of the molecule is C=CCOc1ccc(/C=C/C(=O)OCC(=O)N[C@](C)(C#N)C(C)C)cc1. The van der Waals surface area contributed by atoms with E-state index in [2.05, 4.69) is 18.0 Å². The lowest BCUT2D eigenvalue weighted by Crippen LogP contribution is -2.50. The molecule has 0 aliphatic heterocycles. The molecule has 26 heavy (non-hydrogen) atoms. The van der Waals surface area contributed by atoms with Gasteiger partial charge in [0.15, 0.2) is 6.61 Å². The van der Waals surface area contributed by atoms with Crippen molar-refractivity contribution in [3.05, 3.63) is 48.6 Å². The molecule has 1 amide bonds. The molecular formula is C20H24N2O4. The fraction of sp³-hybridized carbons (Fsp3) is 0.350. The molecular weight excluding hydrogens is 332 g/mol. The highest BCUT2D eigenvalue weighted by atomic mass is 16.5. The van der Waals surface area contributed by atoms with Crippen molar-refractivity contribution in [2.75, 3.05) is 13.2 Å². The minimum atomic E-state index is -1.01. The number of nitrogens with zero attached hydrogens (tertiary/aromatic N) is 1. The second kappa shape index (κ2) is 10.0. The van der Waals surface area contributed by atoms with E-state index in [1.54, 1.807) is 43.3 Å². The molecule has 0 fully saturated rings. The molecule has 0 saturated heterocycles. The van der Waals surface area contributed by atoms with Crippen LogP contribution in [-0.4, -0.2) is 30.6 Å². The molecule has 1 rings (SSSR count). The Kier molecular flexibility index (Phi) is 8.10. The summed E-state index contributed by atoms with van der Waals surface area (Å²) in [6.45, 7) is 8.83. The standard InChI is InChI=1S/C20H24N2O4/c1-5-12-25-17-9-6-16(7-10-17)8-11-19(24)26-13-18(23)22-20(4,14-21)15(2)3/h5-11,15H,1,12-13H2,2-4H3,(H,22,23)/b11-8+/t20-/m1/s1. The lowest BCUT2D eigenvalue weighted by molar-refractivity contribution is -0.144. The molecule has 0 aliphatic rings. The Bertz CT molecular complexity index is 702. The van der Waals surface area contributed by atoms with Gasteiger partial charge in [0.25, 0.3) is 5.91 Å². The summed E-state index contributed by atoms with van der Waals surface area (Å²) in [5.41, 5.74) is -0.219. The summed E-state index contributed by atoms with van der Waals surface area (Å²) >= 11 is 0. The molecule has 0 unspecified atom stereocenters. The molecule has 1 N–H and O–H groups in total. The molecule has 0 saturated carbocycles. The number of nitrogens with one attached hydrogen (secondary N) is 1. The molecule has 138 valence electrons. The Hall–Kier alpha value is -3.07. The van der Waals surface area contributed by atoms with Gasteiger partial charge in [0.05, 0.1) is 6.07 Å². The number of ether oxygens (including phenoxy) is 2. The summed E-state index contributed by atoms with van der Waals surface area (Å²) in [5, 5.41) is 11.7. The van der Waals surface area contributed by atoms with Crippen LogP contribution < -0.4 is 10.1 Å². The van der Waals surface area contributed by atoms with Gasteiger partial charge in [0, 0.05) is 6.08 Å². The van der Waals surface area contributed by atoms with Gasteiger partial charge in [-0.15, -0.1) is 0 Å². The van der Waals surface area contributed by atoms with Gasteiger partial charge < -0.3 is 14.8 Å². The first-order valence-electron chi connectivity index (χ1n) is 8.21. The van der Waals surface area contributed by atoms with Gasteiger partial charge in [-0.3, -0.25) is 4.79 Å². The van der Waals surface area contributed by atoms with Crippen molar-refractivity contribution in [2.24, 2.45) is 5.92 Å². The number of carbonyl (C=O) groups is 2. The zero-order valence-corrected chi connectivity index (χ0v) is 15.3. The van der Waals surface area contributed by atoms with E-state index in [0.29, 0.717) is 12.4 Å². The zero-order valence-electron chi connectivity index (χ0n) is 15.3. The molecule has 0 radical (unpaired) electrons. The molecule has 6 nitrogen and oxygen atoms in total.